The second-order valence-corrected chi connectivity index (χ2v) is 7.46. The monoisotopic (exact) mass is 505 g/mol. The van der Waals surface area contributed by atoms with Crippen LogP contribution in [-0.4, -0.2) is 24.2 Å². The number of nitrogens with one attached hydrogen (secondary N) is 1. The largest absolute Gasteiger partial charge is 0.457 e. The lowest BCUT2D eigenvalue weighted by Crippen LogP contribution is -2.59. The molecule has 0 saturated heterocycles. The molecule has 0 fully saturated rings. The van der Waals surface area contributed by atoms with Gasteiger partial charge in [-0.3, -0.25) is 4.79 Å². The predicted molar refractivity (Wildman–Crippen MR) is 104 cm³/mol. The van der Waals surface area contributed by atoms with Gasteiger partial charge in [0.15, 0.2) is 0 Å². The summed E-state index contributed by atoms with van der Waals surface area (Å²) >= 11 is 5.66. The number of alkyl halides is 10. The summed E-state index contributed by atoms with van der Waals surface area (Å²) in [6, 6.07) is 6.37. The molecule has 2 rings (SSSR count). The minimum Gasteiger partial charge on any atom is -0.321 e. The number of carbonyl (C=O) groups excluding carboxylic acids is 1. The highest BCUT2D eigenvalue weighted by atomic mass is 35.5. The molecule has 0 aliphatic heterocycles. The number of hydrogen-bond acceptors (Lipinski definition) is 1. The van der Waals surface area contributed by atoms with Gasteiger partial charge in [-0.1, -0.05) is 25.1 Å². The summed E-state index contributed by atoms with van der Waals surface area (Å²) < 4.78 is 121. The highest BCUT2D eigenvalue weighted by molar-refractivity contribution is 6.17. The van der Waals surface area contributed by atoms with E-state index in [9.17, 15) is 44.3 Å². The van der Waals surface area contributed by atoms with E-state index in [2.05, 4.69) is 5.32 Å². The van der Waals surface area contributed by atoms with E-state index < -0.39 is 35.4 Å². The lowest BCUT2D eigenvalue weighted by Gasteiger charge is -2.36. The van der Waals surface area contributed by atoms with Crippen LogP contribution in [0.3, 0.4) is 0 Å². The van der Waals surface area contributed by atoms with Crippen molar-refractivity contribution in [3.63, 3.8) is 0 Å². The molecule has 2 nitrogen and oxygen atoms in total. The van der Waals surface area contributed by atoms with Crippen LogP contribution in [0.25, 0.3) is 0 Å². The second-order valence-electron chi connectivity index (χ2n) is 7.19. The van der Waals surface area contributed by atoms with Gasteiger partial charge in [0.1, 0.15) is 0 Å². The van der Waals surface area contributed by atoms with Crippen molar-refractivity contribution in [3.05, 3.63) is 64.2 Å². The van der Waals surface area contributed by atoms with Gasteiger partial charge in [-0.2, -0.15) is 35.1 Å². The predicted octanol–water partition coefficient (Wildman–Crippen LogP) is 7.47. The van der Waals surface area contributed by atoms with Gasteiger partial charge in [0.25, 0.3) is 5.91 Å². The summed E-state index contributed by atoms with van der Waals surface area (Å²) in [6.07, 6.45) is -13.6. The summed E-state index contributed by atoms with van der Waals surface area (Å²) in [5.41, 5.74) is -7.89. The molecule has 0 aliphatic carbocycles. The molecular weight excluding hydrogens is 489 g/mol. The van der Waals surface area contributed by atoms with Crippen molar-refractivity contribution in [1.29, 1.82) is 0 Å². The lowest BCUT2D eigenvalue weighted by molar-refractivity contribution is -0.389. The Morgan fingerprint density at radius 3 is 1.88 bits per heavy atom. The number of carbonyl (C=O) groups is 1. The first-order valence-corrected chi connectivity index (χ1v) is 9.85. The highest BCUT2D eigenvalue weighted by Gasteiger charge is 2.81. The standard InChI is InChI=1S/C21H17ClF9NO/c1-3-13-9-15(18(23,20(26,27)28)19(24,25)21(29,30)31)8-11(2)16(13)32-17(33)14-6-4-12(10-22)5-7-14/h4-9H,3,10H2,1-2H3,(H,32,33). The van der Waals surface area contributed by atoms with Crippen LogP contribution in [0.2, 0.25) is 0 Å². The number of rotatable bonds is 6. The fraction of sp³-hybridized carbons (Fsp3) is 0.381. The quantitative estimate of drug-likeness (QED) is 0.320. The molecule has 2 aromatic rings. The van der Waals surface area contributed by atoms with Gasteiger partial charge in [-0.15, -0.1) is 11.6 Å². The number of hydrogen-bond donors (Lipinski definition) is 1. The molecule has 33 heavy (non-hydrogen) atoms. The zero-order valence-electron chi connectivity index (χ0n) is 17.1. The van der Waals surface area contributed by atoms with Crippen LogP contribution in [0, 0.1) is 6.92 Å². The van der Waals surface area contributed by atoms with Crippen molar-refractivity contribution in [2.24, 2.45) is 0 Å². The lowest BCUT2D eigenvalue weighted by atomic mass is 9.85. The van der Waals surface area contributed by atoms with Gasteiger partial charge in [0.2, 0.25) is 0 Å². The average Bonchev–Trinajstić information content (AvgIpc) is 2.72. The normalized spacial score (nSPS) is 14.7. The smallest absolute Gasteiger partial charge is 0.321 e. The molecule has 0 radical (unpaired) electrons. The first kappa shape index (κ1) is 26.8. The zero-order valence-corrected chi connectivity index (χ0v) is 17.8. The molecule has 0 saturated carbocycles. The van der Waals surface area contributed by atoms with Crippen molar-refractivity contribution in [2.75, 3.05) is 5.32 Å². The van der Waals surface area contributed by atoms with Crippen LogP contribution >= 0.6 is 11.6 Å². The van der Waals surface area contributed by atoms with E-state index in [1.807, 2.05) is 0 Å². The SMILES string of the molecule is CCc1cc(C(F)(C(F)(F)F)C(F)(F)C(F)(F)F)cc(C)c1NC(=O)c1ccc(CCl)cc1. The Labute approximate surface area is 187 Å². The Bertz CT molecular complexity index is 1020. The Morgan fingerprint density at radius 1 is 0.909 bits per heavy atom. The topological polar surface area (TPSA) is 29.1 Å². The molecule has 2 aromatic carbocycles. The minimum absolute atomic E-state index is 0.119. The summed E-state index contributed by atoms with van der Waals surface area (Å²) in [5.74, 6) is -7.33. The Hall–Kier alpha value is -2.43. The maximum Gasteiger partial charge on any atom is 0.457 e. The van der Waals surface area contributed by atoms with Crippen LogP contribution in [0.4, 0.5) is 45.2 Å². The van der Waals surface area contributed by atoms with E-state index >= 15 is 0 Å². The molecule has 182 valence electrons. The van der Waals surface area contributed by atoms with E-state index in [0.29, 0.717) is 5.56 Å². The zero-order chi connectivity index (χ0) is 25.4. The van der Waals surface area contributed by atoms with Crippen molar-refractivity contribution in [1.82, 2.24) is 0 Å². The van der Waals surface area contributed by atoms with Crippen molar-refractivity contribution in [3.8, 4) is 0 Å². The molecular formula is C21H17ClF9NO. The van der Waals surface area contributed by atoms with E-state index in [-0.39, 0.29) is 46.8 Å². The molecule has 0 aromatic heterocycles. The van der Waals surface area contributed by atoms with Crippen LogP contribution in [0.1, 0.15) is 39.5 Å². The minimum atomic E-state index is -6.82. The molecule has 0 aliphatic rings. The van der Waals surface area contributed by atoms with Crippen LogP contribution in [0.5, 0.6) is 0 Å². The fourth-order valence-corrected chi connectivity index (χ4v) is 3.34. The average molecular weight is 506 g/mol. The van der Waals surface area contributed by atoms with Crippen LogP contribution in [-0.2, 0) is 18.0 Å². The van der Waals surface area contributed by atoms with Crippen LogP contribution in [0.15, 0.2) is 36.4 Å². The maximum atomic E-state index is 14.8. The number of halogens is 10. The van der Waals surface area contributed by atoms with E-state index in [1.165, 1.54) is 19.1 Å². The van der Waals surface area contributed by atoms with Crippen molar-refractivity contribution < 1.29 is 44.3 Å². The summed E-state index contributed by atoms with van der Waals surface area (Å²) in [4.78, 5) is 12.5. The Balaban J connectivity index is 2.60. The van der Waals surface area contributed by atoms with Gasteiger partial charge >= 0.3 is 23.9 Å². The molecule has 0 heterocycles. The summed E-state index contributed by atoms with van der Waals surface area (Å²) in [7, 11) is 0. The summed E-state index contributed by atoms with van der Waals surface area (Å²) in [6.45, 7) is 2.40. The molecule has 12 heteroatoms. The van der Waals surface area contributed by atoms with E-state index in [0.717, 1.165) is 6.92 Å². The summed E-state index contributed by atoms with van der Waals surface area (Å²) in [5, 5.41) is 2.38. The van der Waals surface area contributed by atoms with E-state index in [1.54, 1.807) is 12.1 Å². The van der Waals surface area contributed by atoms with Gasteiger partial charge in [-0.25, -0.2) is 4.39 Å². The highest BCUT2D eigenvalue weighted by Crippen LogP contribution is 2.58. The number of benzene rings is 2. The molecule has 1 N–H and O–H groups in total. The first-order valence-electron chi connectivity index (χ1n) is 9.31. The van der Waals surface area contributed by atoms with Gasteiger partial charge in [0.05, 0.1) is 0 Å². The molecule has 1 amide bonds. The molecule has 1 atom stereocenters. The fourth-order valence-electron chi connectivity index (χ4n) is 3.17. The van der Waals surface area contributed by atoms with Gasteiger partial charge in [0, 0.05) is 22.7 Å². The molecule has 0 spiro atoms. The van der Waals surface area contributed by atoms with Gasteiger partial charge < -0.3 is 5.32 Å². The number of aryl methyl sites for hydroxylation is 2. The van der Waals surface area contributed by atoms with Gasteiger partial charge in [-0.05, 0) is 48.2 Å². The third kappa shape index (κ3) is 4.78. The Morgan fingerprint density at radius 2 is 1.45 bits per heavy atom. The Kier molecular flexibility index (Phi) is 7.38. The van der Waals surface area contributed by atoms with Crippen molar-refractivity contribution >= 4 is 23.2 Å². The molecule has 1 unspecified atom stereocenters. The maximum absolute atomic E-state index is 14.8. The third-order valence-corrected chi connectivity index (χ3v) is 5.29. The molecule has 0 bridgehead atoms. The van der Waals surface area contributed by atoms with Crippen LogP contribution < -0.4 is 5.32 Å². The number of amides is 1. The first-order chi connectivity index (χ1) is 15.0. The van der Waals surface area contributed by atoms with Crippen molar-refractivity contribution in [2.45, 2.75) is 50.1 Å². The van der Waals surface area contributed by atoms with E-state index in [4.69, 9.17) is 11.6 Å². The second kappa shape index (κ2) is 9.08. The number of anilines is 1. The third-order valence-electron chi connectivity index (χ3n) is 4.98.